The van der Waals surface area contributed by atoms with E-state index in [1.54, 1.807) is 12.1 Å². The standard InChI is InChI=1S/C17H24N2O2/c1-16(2)11-6-7-17(3,9-11)15(16)19-13-5-4-10(14(20)21)8-12(13)18/h4-5,8,11,15,19H,6-7,9,18H2,1-3H3,(H,20,21). The molecule has 3 rings (SSSR count). The maximum Gasteiger partial charge on any atom is 0.335 e. The van der Waals surface area contributed by atoms with Crippen molar-refractivity contribution in [1.82, 2.24) is 0 Å². The molecule has 4 N–H and O–H groups in total. The fourth-order valence-electron chi connectivity index (χ4n) is 4.64. The van der Waals surface area contributed by atoms with Crippen molar-refractivity contribution in [3.63, 3.8) is 0 Å². The van der Waals surface area contributed by atoms with Gasteiger partial charge in [0.25, 0.3) is 0 Å². The maximum atomic E-state index is 11.0. The maximum absolute atomic E-state index is 11.0. The molecule has 114 valence electrons. The van der Waals surface area contributed by atoms with Crippen LogP contribution in [-0.2, 0) is 0 Å². The number of anilines is 2. The summed E-state index contributed by atoms with van der Waals surface area (Å²) in [4.78, 5) is 11.0. The van der Waals surface area contributed by atoms with E-state index in [1.165, 1.54) is 25.3 Å². The molecule has 3 atom stereocenters. The minimum atomic E-state index is -0.944. The van der Waals surface area contributed by atoms with E-state index < -0.39 is 5.97 Å². The number of carbonyl (C=O) groups is 1. The van der Waals surface area contributed by atoms with Crippen molar-refractivity contribution < 1.29 is 9.90 Å². The van der Waals surface area contributed by atoms with Crippen LogP contribution in [0.4, 0.5) is 11.4 Å². The van der Waals surface area contributed by atoms with E-state index in [9.17, 15) is 4.79 Å². The molecule has 2 aliphatic carbocycles. The Labute approximate surface area is 125 Å². The Kier molecular flexibility index (Phi) is 2.98. The molecule has 4 heteroatoms. The van der Waals surface area contributed by atoms with Gasteiger partial charge in [0.1, 0.15) is 0 Å². The molecule has 1 aromatic carbocycles. The summed E-state index contributed by atoms with van der Waals surface area (Å²) in [7, 11) is 0. The van der Waals surface area contributed by atoms with Gasteiger partial charge in [0.05, 0.1) is 16.9 Å². The number of carboxylic acid groups (broad SMARTS) is 1. The first kappa shape index (κ1) is 14.2. The molecule has 2 aliphatic rings. The van der Waals surface area contributed by atoms with Crippen LogP contribution >= 0.6 is 0 Å². The Morgan fingerprint density at radius 1 is 1.38 bits per heavy atom. The van der Waals surface area contributed by atoms with Gasteiger partial charge in [-0.05, 0) is 54.2 Å². The highest BCUT2D eigenvalue weighted by Crippen LogP contribution is 2.63. The van der Waals surface area contributed by atoms with Gasteiger partial charge in [-0.2, -0.15) is 0 Å². The SMILES string of the molecule is CC12CCC(C1)C(C)(C)C2Nc1ccc(C(=O)O)cc1N. The average Bonchev–Trinajstić information content (AvgIpc) is 2.87. The van der Waals surface area contributed by atoms with Gasteiger partial charge in [0.2, 0.25) is 0 Å². The van der Waals surface area contributed by atoms with E-state index in [1.807, 2.05) is 0 Å². The van der Waals surface area contributed by atoms with Crippen molar-refractivity contribution in [2.24, 2.45) is 16.7 Å². The second-order valence-electron chi connectivity index (χ2n) is 7.60. The Morgan fingerprint density at radius 3 is 2.62 bits per heavy atom. The molecule has 0 radical (unpaired) electrons. The predicted molar refractivity (Wildman–Crippen MR) is 84.5 cm³/mol. The van der Waals surface area contributed by atoms with Crippen LogP contribution in [0.15, 0.2) is 18.2 Å². The molecule has 3 unspecified atom stereocenters. The van der Waals surface area contributed by atoms with Crippen molar-refractivity contribution in [3.05, 3.63) is 23.8 Å². The van der Waals surface area contributed by atoms with Gasteiger partial charge in [-0.25, -0.2) is 4.79 Å². The summed E-state index contributed by atoms with van der Waals surface area (Å²) in [5.41, 5.74) is 8.19. The van der Waals surface area contributed by atoms with Crippen LogP contribution in [-0.4, -0.2) is 17.1 Å². The van der Waals surface area contributed by atoms with Gasteiger partial charge >= 0.3 is 5.97 Å². The number of nitrogens with two attached hydrogens (primary N) is 1. The van der Waals surface area contributed by atoms with Gasteiger partial charge in [-0.3, -0.25) is 0 Å². The van der Waals surface area contributed by atoms with Crippen LogP contribution < -0.4 is 11.1 Å². The molecule has 1 aromatic rings. The smallest absolute Gasteiger partial charge is 0.335 e. The van der Waals surface area contributed by atoms with E-state index >= 15 is 0 Å². The van der Waals surface area contributed by atoms with Crippen molar-refractivity contribution in [1.29, 1.82) is 0 Å². The van der Waals surface area contributed by atoms with E-state index in [2.05, 4.69) is 26.1 Å². The first-order valence-corrected chi connectivity index (χ1v) is 7.63. The van der Waals surface area contributed by atoms with E-state index in [4.69, 9.17) is 10.8 Å². The molecule has 0 heterocycles. The van der Waals surface area contributed by atoms with Crippen LogP contribution in [0.2, 0.25) is 0 Å². The summed E-state index contributed by atoms with van der Waals surface area (Å²) in [6, 6.07) is 5.32. The lowest BCUT2D eigenvalue weighted by Crippen LogP contribution is -2.45. The largest absolute Gasteiger partial charge is 0.478 e. The van der Waals surface area contributed by atoms with Crippen molar-refractivity contribution in [2.45, 2.75) is 46.1 Å². The molecule has 0 aromatic heterocycles. The Bertz CT molecular complexity index is 592. The van der Waals surface area contributed by atoms with Crippen LogP contribution in [0.5, 0.6) is 0 Å². The topological polar surface area (TPSA) is 75.3 Å². The molecular formula is C17H24N2O2. The van der Waals surface area contributed by atoms with Crippen LogP contribution in [0, 0.1) is 16.7 Å². The first-order chi connectivity index (χ1) is 9.74. The summed E-state index contributed by atoms with van der Waals surface area (Å²) >= 11 is 0. The lowest BCUT2D eigenvalue weighted by Gasteiger charge is -2.43. The lowest BCUT2D eigenvalue weighted by molar-refractivity contribution is 0.0697. The molecule has 2 bridgehead atoms. The number of nitrogens with one attached hydrogen (secondary N) is 1. The zero-order valence-corrected chi connectivity index (χ0v) is 12.9. The van der Waals surface area contributed by atoms with Crippen LogP contribution in [0.1, 0.15) is 50.4 Å². The van der Waals surface area contributed by atoms with E-state index in [-0.39, 0.29) is 11.0 Å². The number of carboxylic acids is 1. The molecule has 2 fully saturated rings. The highest BCUT2D eigenvalue weighted by molar-refractivity contribution is 5.90. The highest BCUT2D eigenvalue weighted by atomic mass is 16.4. The molecule has 0 saturated heterocycles. The van der Waals surface area contributed by atoms with Crippen molar-refractivity contribution in [3.8, 4) is 0 Å². The highest BCUT2D eigenvalue weighted by Gasteiger charge is 2.59. The molecular weight excluding hydrogens is 264 g/mol. The predicted octanol–water partition coefficient (Wildman–Crippen LogP) is 3.59. The lowest BCUT2D eigenvalue weighted by atomic mass is 9.68. The Balaban J connectivity index is 1.88. The number of nitrogen functional groups attached to an aromatic ring is 1. The van der Waals surface area contributed by atoms with E-state index in [0.717, 1.165) is 11.6 Å². The minimum Gasteiger partial charge on any atom is -0.478 e. The summed E-state index contributed by atoms with van der Waals surface area (Å²) < 4.78 is 0. The molecule has 0 aliphatic heterocycles. The molecule has 4 nitrogen and oxygen atoms in total. The normalized spacial score (nSPS) is 33.1. The Morgan fingerprint density at radius 2 is 2.10 bits per heavy atom. The monoisotopic (exact) mass is 288 g/mol. The summed E-state index contributed by atoms with van der Waals surface area (Å²) in [5, 5.41) is 12.6. The molecule has 0 spiro atoms. The molecule has 2 saturated carbocycles. The third-order valence-electron chi connectivity index (χ3n) is 5.87. The van der Waals surface area contributed by atoms with Crippen LogP contribution in [0.3, 0.4) is 0 Å². The zero-order chi connectivity index (χ0) is 15.4. The van der Waals surface area contributed by atoms with Gasteiger partial charge in [0.15, 0.2) is 0 Å². The van der Waals surface area contributed by atoms with Gasteiger partial charge in [-0.15, -0.1) is 0 Å². The third kappa shape index (κ3) is 2.08. The van der Waals surface area contributed by atoms with Gasteiger partial charge < -0.3 is 16.2 Å². The van der Waals surface area contributed by atoms with E-state index in [0.29, 0.717) is 17.1 Å². The van der Waals surface area contributed by atoms with Gasteiger partial charge in [-0.1, -0.05) is 20.8 Å². The second-order valence-corrected chi connectivity index (χ2v) is 7.60. The zero-order valence-electron chi connectivity index (χ0n) is 12.9. The number of hydrogen-bond donors (Lipinski definition) is 3. The second kappa shape index (κ2) is 4.39. The number of aromatic carboxylic acids is 1. The fourth-order valence-corrected chi connectivity index (χ4v) is 4.64. The average molecular weight is 288 g/mol. The Hall–Kier alpha value is -1.71. The molecule has 0 amide bonds. The first-order valence-electron chi connectivity index (χ1n) is 7.63. The summed E-state index contributed by atoms with van der Waals surface area (Å²) in [6.07, 6.45) is 3.84. The van der Waals surface area contributed by atoms with Crippen LogP contribution in [0.25, 0.3) is 0 Å². The molecule has 21 heavy (non-hydrogen) atoms. The van der Waals surface area contributed by atoms with Gasteiger partial charge in [0, 0.05) is 6.04 Å². The third-order valence-corrected chi connectivity index (χ3v) is 5.87. The van der Waals surface area contributed by atoms with Crippen molar-refractivity contribution >= 4 is 17.3 Å². The fraction of sp³-hybridized carbons (Fsp3) is 0.588. The number of benzene rings is 1. The quantitative estimate of drug-likeness (QED) is 0.743. The van der Waals surface area contributed by atoms with Crippen molar-refractivity contribution in [2.75, 3.05) is 11.1 Å². The number of fused-ring (bicyclic) bond motifs is 2. The number of hydrogen-bond acceptors (Lipinski definition) is 3. The summed E-state index contributed by atoms with van der Waals surface area (Å²) in [6.45, 7) is 7.03. The minimum absolute atomic E-state index is 0.233. The number of rotatable bonds is 3. The summed E-state index contributed by atoms with van der Waals surface area (Å²) in [5.74, 6) is -0.181.